The first-order valence-electron chi connectivity index (χ1n) is 6.02. The number of hydrogen-bond acceptors (Lipinski definition) is 4. The van der Waals surface area contributed by atoms with Crippen molar-refractivity contribution < 1.29 is 19.1 Å². The summed E-state index contributed by atoms with van der Waals surface area (Å²) >= 11 is 0. The Morgan fingerprint density at radius 2 is 1.81 bits per heavy atom. The summed E-state index contributed by atoms with van der Waals surface area (Å²) in [5.41, 5.74) is 0. The molecule has 0 heterocycles. The molecule has 1 aliphatic carbocycles. The van der Waals surface area contributed by atoms with E-state index in [4.69, 9.17) is 9.47 Å². The molecule has 4 heteroatoms. The Hall–Kier alpha value is -1.06. The van der Waals surface area contributed by atoms with Gasteiger partial charge in [0.2, 0.25) is 0 Å². The van der Waals surface area contributed by atoms with E-state index in [-0.39, 0.29) is 6.10 Å². The molecule has 1 unspecified atom stereocenters. The van der Waals surface area contributed by atoms with Gasteiger partial charge >= 0.3 is 11.9 Å². The van der Waals surface area contributed by atoms with E-state index < -0.39 is 17.9 Å². The minimum absolute atomic E-state index is 0.00173. The zero-order valence-corrected chi connectivity index (χ0v) is 10.0. The van der Waals surface area contributed by atoms with Gasteiger partial charge in [0.1, 0.15) is 6.10 Å². The summed E-state index contributed by atoms with van der Waals surface area (Å²) in [5, 5.41) is 0. The molecule has 0 N–H and O–H groups in total. The van der Waals surface area contributed by atoms with Gasteiger partial charge in [0.15, 0.2) is 5.92 Å². The van der Waals surface area contributed by atoms with Crippen LogP contribution < -0.4 is 0 Å². The van der Waals surface area contributed by atoms with Gasteiger partial charge in [-0.2, -0.15) is 0 Å². The van der Waals surface area contributed by atoms with Gasteiger partial charge in [-0.15, -0.1) is 0 Å². The van der Waals surface area contributed by atoms with Gasteiger partial charge in [-0.3, -0.25) is 9.59 Å². The van der Waals surface area contributed by atoms with Crippen molar-refractivity contribution in [2.45, 2.75) is 52.1 Å². The molecule has 0 aromatic rings. The van der Waals surface area contributed by atoms with Crippen LogP contribution in [-0.2, 0) is 19.1 Å². The van der Waals surface area contributed by atoms with Crippen molar-refractivity contribution in [2.24, 2.45) is 5.92 Å². The average Bonchev–Trinajstić information content (AvgIpc) is 2.29. The van der Waals surface area contributed by atoms with Crippen LogP contribution in [0.3, 0.4) is 0 Å². The van der Waals surface area contributed by atoms with Crippen LogP contribution in [0.1, 0.15) is 46.0 Å². The molecular formula is C12H20O4. The maximum absolute atomic E-state index is 11.6. The van der Waals surface area contributed by atoms with Gasteiger partial charge in [-0.25, -0.2) is 0 Å². The molecular weight excluding hydrogens is 208 g/mol. The Morgan fingerprint density at radius 1 is 1.19 bits per heavy atom. The molecule has 0 amide bonds. The van der Waals surface area contributed by atoms with Gasteiger partial charge in [-0.1, -0.05) is 6.42 Å². The molecule has 1 saturated carbocycles. The largest absolute Gasteiger partial charge is 0.465 e. The average molecular weight is 228 g/mol. The summed E-state index contributed by atoms with van der Waals surface area (Å²) in [5.74, 6) is -1.75. The minimum atomic E-state index is -0.804. The minimum Gasteiger partial charge on any atom is -0.465 e. The fourth-order valence-electron chi connectivity index (χ4n) is 1.81. The zero-order chi connectivity index (χ0) is 12.0. The molecule has 4 nitrogen and oxygen atoms in total. The highest BCUT2D eigenvalue weighted by molar-refractivity contribution is 5.94. The van der Waals surface area contributed by atoms with Crippen molar-refractivity contribution in [1.82, 2.24) is 0 Å². The first-order valence-corrected chi connectivity index (χ1v) is 6.02. The molecule has 0 aromatic carbocycles. The SMILES string of the molecule is CCOC(=O)C(C)C(=O)OC1CCCCC1. The maximum Gasteiger partial charge on any atom is 0.320 e. The standard InChI is InChI=1S/C12H20O4/c1-3-15-11(13)9(2)12(14)16-10-7-5-4-6-8-10/h9-10H,3-8H2,1-2H3. The molecule has 92 valence electrons. The van der Waals surface area contributed by atoms with E-state index in [0.717, 1.165) is 25.7 Å². The number of carbonyl (C=O) groups excluding carboxylic acids is 2. The fourth-order valence-corrected chi connectivity index (χ4v) is 1.81. The third kappa shape index (κ3) is 3.83. The molecule has 0 radical (unpaired) electrons. The van der Waals surface area contributed by atoms with Crippen molar-refractivity contribution >= 4 is 11.9 Å². The maximum atomic E-state index is 11.6. The lowest BCUT2D eigenvalue weighted by molar-refractivity contribution is -0.165. The monoisotopic (exact) mass is 228 g/mol. The number of esters is 2. The number of carbonyl (C=O) groups is 2. The Labute approximate surface area is 96.3 Å². The summed E-state index contributed by atoms with van der Waals surface area (Å²) in [6, 6.07) is 0. The predicted molar refractivity (Wildman–Crippen MR) is 58.8 cm³/mol. The third-order valence-electron chi connectivity index (χ3n) is 2.83. The van der Waals surface area contributed by atoms with Crippen LogP contribution in [-0.4, -0.2) is 24.6 Å². The van der Waals surface area contributed by atoms with Crippen molar-refractivity contribution in [1.29, 1.82) is 0 Å². The summed E-state index contributed by atoms with van der Waals surface area (Å²) in [6.45, 7) is 3.54. The quantitative estimate of drug-likeness (QED) is 0.546. The third-order valence-corrected chi connectivity index (χ3v) is 2.83. The molecule has 0 bridgehead atoms. The molecule has 1 atom stereocenters. The second-order valence-corrected chi connectivity index (χ2v) is 4.17. The second kappa shape index (κ2) is 6.51. The lowest BCUT2D eigenvalue weighted by atomic mass is 9.97. The van der Waals surface area contributed by atoms with E-state index >= 15 is 0 Å². The van der Waals surface area contributed by atoms with Crippen molar-refractivity contribution in [2.75, 3.05) is 6.61 Å². The molecule has 0 spiro atoms. The molecule has 0 aliphatic heterocycles. The van der Waals surface area contributed by atoms with E-state index in [1.165, 1.54) is 13.3 Å². The van der Waals surface area contributed by atoms with E-state index in [1.54, 1.807) is 6.92 Å². The van der Waals surface area contributed by atoms with E-state index in [9.17, 15) is 9.59 Å². The van der Waals surface area contributed by atoms with Crippen molar-refractivity contribution in [3.63, 3.8) is 0 Å². The van der Waals surface area contributed by atoms with Crippen LogP contribution >= 0.6 is 0 Å². The molecule has 0 aromatic heterocycles. The molecule has 1 rings (SSSR count). The lowest BCUT2D eigenvalue weighted by Crippen LogP contribution is -2.30. The van der Waals surface area contributed by atoms with E-state index in [0.29, 0.717) is 6.61 Å². The highest BCUT2D eigenvalue weighted by Crippen LogP contribution is 2.21. The smallest absolute Gasteiger partial charge is 0.320 e. The van der Waals surface area contributed by atoms with Crippen molar-refractivity contribution in [3.05, 3.63) is 0 Å². The first kappa shape index (κ1) is 13.0. The van der Waals surface area contributed by atoms with Crippen molar-refractivity contribution in [3.8, 4) is 0 Å². The van der Waals surface area contributed by atoms with Gasteiger partial charge in [0.05, 0.1) is 6.61 Å². The Kier molecular flexibility index (Phi) is 5.29. The van der Waals surface area contributed by atoms with E-state index in [1.807, 2.05) is 0 Å². The lowest BCUT2D eigenvalue weighted by Gasteiger charge is -2.23. The highest BCUT2D eigenvalue weighted by atomic mass is 16.6. The van der Waals surface area contributed by atoms with Crippen LogP contribution in [0, 0.1) is 5.92 Å². The first-order chi connectivity index (χ1) is 7.65. The molecule has 0 saturated heterocycles. The second-order valence-electron chi connectivity index (χ2n) is 4.17. The number of ether oxygens (including phenoxy) is 2. The summed E-state index contributed by atoms with van der Waals surface area (Å²) < 4.78 is 10.1. The molecule has 1 aliphatic rings. The Bertz CT molecular complexity index is 243. The van der Waals surface area contributed by atoms with Crippen LogP contribution in [0.15, 0.2) is 0 Å². The van der Waals surface area contributed by atoms with Gasteiger partial charge in [0, 0.05) is 0 Å². The number of rotatable bonds is 4. The van der Waals surface area contributed by atoms with Gasteiger partial charge in [0.25, 0.3) is 0 Å². The topological polar surface area (TPSA) is 52.6 Å². The fraction of sp³-hybridized carbons (Fsp3) is 0.833. The predicted octanol–water partition coefficient (Wildman–Crippen LogP) is 2.06. The summed E-state index contributed by atoms with van der Waals surface area (Å²) in [6.07, 6.45) is 5.25. The van der Waals surface area contributed by atoms with Crippen LogP contribution in [0.5, 0.6) is 0 Å². The molecule has 16 heavy (non-hydrogen) atoms. The van der Waals surface area contributed by atoms with Crippen LogP contribution in [0.25, 0.3) is 0 Å². The highest BCUT2D eigenvalue weighted by Gasteiger charge is 2.27. The Morgan fingerprint density at radius 3 is 2.38 bits per heavy atom. The molecule has 1 fully saturated rings. The Balaban J connectivity index is 2.35. The normalized spacial score (nSPS) is 18.9. The van der Waals surface area contributed by atoms with Crippen LogP contribution in [0.4, 0.5) is 0 Å². The van der Waals surface area contributed by atoms with E-state index in [2.05, 4.69) is 0 Å². The number of hydrogen-bond donors (Lipinski definition) is 0. The summed E-state index contributed by atoms with van der Waals surface area (Å²) in [7, 11) is 0. The summed E-state index contributed by atoms with van der Waals surface area (Å²) in [4.78, 5) is 22.9. The van der Waals surface area contributed by atoms with Gasteiger partial charge < -0.3 is 9.47 Å². The van der Waals surface area contributed by atoms with Gasteiger partial charge in [-0.05, 0) is 39.5 Å². The zero-order valence-electron chi connectivity index (χ0n) is 10.0. The van der Waals surface area contributed by atoms with Crippen LogP contribution in [0.2, 0.25) is 0 Å².